The number of aldehydes is 1. The molecule has 1 saturated carbocycles. The van der Waals surface area contributed by atoms with Crippen molar-refractivity contribution in [2.24, 2.45) is 0 Å². The van der Waals surface area contributed by atoms with Crippen LogP contribution in [0.2, 0.25) is 0 Å². The van der Waals surface area contributed by atoms with Crippen molar-refractivity contribution in [2.75, 3.05) is 16.8 Å². The molecular weight excluding hydrogens is 436 g/mol. The third kappa shape index (κ3) is 4.03. The minimum atomic E-state index is -4.82. The van der Waals surface area contributed by atoms with Crippen molar-refractivity contribution in [1.82, 2.24) is 4.98 Å². The summed E-state index contributed by atoms with van der Waals surface area (Å²) in [6.07, 6.45) is -1.63. The van der Waals surface area contributed by atoms with Gasteiger partial charge in [-0.15, -0.1) is 0 Å². The van der Waals surface area contributed by atoms with Gasteiger partial charge in [0.05, 0.1) is 23.1 Å². The molecule has 0 aliphatic heterocycles. The third-order valence-electron chi connectivity index (χ3n) is 5.21. The van der Waals surface area contributed by atoms with Crippen LogP contribution >= 0.6 is 12.2 Å². The smallest absolute Gasteiger partial charge is 0.419 e. The summed E-state index contributed by atoms with van der Waals surface area (Å²) in [6.45, 7) is 0. The van der Waals surface area contributed by atoms with Crippen LogP contribution in [0.4, 0.5) is 28.9 Å². The molecule has 0 spiro atoms. The highest BCUT2D eigenvalue weighted by Crippen LogP contribution is 2.43. The number of halogens is 4. The second kappa shape index (κ2) is 8.11. The number of carbonyl (C=O) groups is 1. The first kappa shape index (κ1) is 22.4. The van der Waals surface area contributed by atoms with Gasteiger partial charge in [0.15, 0.2) is 10.8 Å². The fourth-order valence-corrected chi connectivity index (χ4v) is 3.74. The zero-order valence-electron chi connectivity index (χ0n) is 16.1. The lowest BCUT2D eigenvalue weighted by Gasteiger charge is -2.48. The molecule has 31 heavy (non-hydrogen) atoms. The van der Waals surface area contributed by atoms with Crippen LogP contribution in [0.25, 0.3) is 0 Å². The number of phenols is 1. The number of pyridine rings is 1. The summed E-state index contributed by atoms with van der Waals surface area (Å²) in [6, 6.07) is 5.31. The van der Waals surface area contributed by atoms with Gasteiger partial charge in [-0.05, 0) is 49.7 Å². The van der Waals surface area contributed by atoms with Gasteiger partial charge >= 0.3 is 6.18 Å². The van der Waals surface area contributed by atoms with Crippen LogP contribution in [-0.4, -0.2) is 34.1 Å². The average Bonchev–Trinajstić information content (AvgIpc) is 2.69. The number of thiocarbonyl (C=S) groups is 1. The molecule has 1 N–H and O–H groups in total. The number of aromatic nitrogens is 1. The predicted molar refractivity (Wildman–Crippen MR) is 108 cm³/mol. The Balaban J connectivity index is 2.08. The van der Waals surface area contributed by atoms with Gasteiger partial charge in [-0.2, -0.15) is 18.4 Å². The highest BCUT2D eigenvalue weighted by Gasteiger charge is 2.46. The first-order valence-electron chi connectivity index (χ1n) is 9.04. The van der Waals surface area contributed by atoms with Gasteiger partial charge in [0.25, 0.3) is 0 Å². The number of phenolic OH excluding ortho intramolecular Hbond substituents is 1. The van der Waals surface area contributed by atoms with Crippen LogP contribution in [0.5, 0.6) is 5.75 Å². The molecule has 0 saturated heterocycles. The summed E-state index contributed by atoms with van der Waals surface area (Å²) in [5.74, 6) is -1.18. The first-order chi connectivity index (χ1) is 14.5. The lowest BCUT2D eigenvalue weighted by molar-refractivity contribution is -0.138. The zero-order valence-corrected chi connectivity index (χ0v) is 17.0. The molecule has 0 amide bonds. The molecule has 0 bridgehead atoms. The molecule has 2 aromatic rings. The lowest BCUT2D eigenvalue weighted by atomic mass is 9.76. The van der Waals surface area contributed by atoms with Gasteiger partial charge in [-0.1, -0.05) is 0 Å². The van der Waals surface area contributed by atoms with E-state index in [-0.39, 0.29) is 16.5 Å². The monoisotopic (exact) mass is 452 g/mol. The zero-order chi connectivity index (χ0) is 23.0. The summed E-state index contributed by atoms with van der Waals surface area (Å²) >= 11 is 5.48. The molecule has 1 aromatic heterocycles. The molecular formula is C20H16F4N4O2S. The topological polar surface area (TPSA) is 80.5 Å². The number of hydrogen-bond acceptors (Lipinski definition) is 5. The molecule has 3 rings (SSSR count). The van der Waals surface area contributed by atoms with Crippen LogP contribution in [-0.2, 0) is 11.0 Å². The minimum absolute atomic E-state index is 0.0442. The maximum Gasteiger partial charge on any atom is 0.419 e. The molecule has 11 heteroatoms. The van der Waals surface area contributed by atoms with E-state index in [4.69, 9.17) is 17.5 Å². The molecule has 0 unspecified atom stereocenters. The number of nitriles is 1. The molecule has 1 fully saturated rings. The second-order valence-corrected chi connectivity index (χ2v) is 7.45. The maximum absolute atomic E-state index is 13.5. The van der Waals surface area contributed by atoms with Crippen LogP contribution in [0.15, 0.2) is 30.5 Å². The molecule has 1 heterocycles. The largest absolute Gasteiger partial charge is 0.506 e. The van der Waals surface area contributed by atoms with Crippen LogP contribution < -0.4 is 9.80 Å². The molecule has 1 aromatic carbocycles. The van der Waals surface area contributed by atoms with Gasteiger partial charge in [0.1, 0.15) is 29.5 Å². The Morgan fingerprint density at radius 1 is 1.35 bits per heavy atom. The number of aromatic hydroxyl groups is 1. The van der Waals surface area contributed by atoms with Gasteiger partial charge in [0.2, 0.25) is 0 Å². The maximum atomic E-state index is 13.5. The van der Waals surface area contributed by atoms with E-state index in [1.54, 1.807) is 0 Å². The third-order valence-corrected chi connectivity index (χ3v) is 5.67. The van der Waals surface area contributed by atoms with Crippen LogP contribution in [0.1, 0.15) is 30.5 Å². The van der Waals surface area contributed by atoms with Crippen molar-refractivity contribution in [1.29, 1.82) is 5.26 Å². The van der Waals surface area contributed by atoms with Crippen molar-refractivity contribution in [3.05, 3.63) is 47.5 Å². The van der Waals surface area contributed by atoms with Crippen molar-refractivity contribution < 1.29 is 27.5 Å². The lowest BCUT2D eigenvalue weighted by Crippen LogP contribution is -2.60. The first-order valence-corrected chi connectivity index (χ1v) is 9.45. The quantitative estimate of drug-likeness (QED) is 0.424. The van der Waals surface area contributed by atoms with Crippen molar-refractivity contribution >= 4 is 35.0 Å². The Kier molecular flexibility index (Phi) is 5.87. The van der Waals surface area contributed by atoms with E-state index >= 15 is 0 Å². The van der Waals surface area contributed by atoms with E-state index in [0.29, 0.717) is 25.5 Å². The Bertz CT molecular complexity index is 1080. The Morgan fingerprint density at radius 2 is 2.03 bits per heavy atom. The number of benzene rings is 1. The second-order valence-electron chi connectivity index (χ2n) is 7.08. The van der Waals surface area contributed by atoms with Gasteiger partial charge in [-0.25, -0.2) is 9.37 Å². The van der Waals surface area contributed by atoms with E-state index in [1.807, 2.05) is 0 Å². The fourth-order valence-electron chi connectivity index (χ4n) is 3.36. The molecule has 1 aliphatic carbocycles. The average molecular weight is 452 g/mol. The molecule has 1 aliphatic rings. The van der Waals surface area contributed by atoms with E-state index in [9.17, 15) is 27.5 Å². The van der Waals surface area contributed by atoms with Crippen LogP contribution in [0, 0.1) is 17.1 Å². The molecule has 0 radical (unpaired) electrons. The van der Waals surface area contributed by atoms with Gasteiger partial charge in [0, 0.05) is 13.1 Å². The number of carbonyl (C=O) groups excluding carboxylic acids is 1. The molecule has 162 valence electrons. The summed E-state index contributed by atoms with van der Waals surface area (Å²) < 4.78 is 53.5. The Morgan fingerprint density at radius 3 is 2.52 bits per heavy atom. The number of rotatable bonds is 4. The summed E-state index contributed by atoms with van der Waals surface area (Å²) in [4.78, 5) is 18.0. The van der Waals surface area contributed by atoms with Gasteiger partial charge < -0.3 is 19.7 Å². The number of alkyl halides is 3. The standard InChI is InChI=1S/C20H16F4N4O2S/c1-27(13-8-14(20(22,23)24)15(9-25)26-10-13)18(31)28(19(11-29)5-2-6-19)16-4-3-12(21)7-17(16)30/h3-4,7-8,10-11,30H,2,5-6H2,1H3. The van der Waals surface area contributed by atoms with E-state index in [0.717, 1.165) is 24.4 Å². The van der Waals surface area contributed by atoms with E-state index in [1.165, 1.54) is 29.0 Å². The Hall–Kier alpha value is -3.26. The minimum Gasteiger partial charge on any atom is -0.506 e. The normalized spacial score (nSPS) is 14.8. The number of nitrogens with zero attached hydrogens (tertiary/aromatic N) is 4. The molecule has 6 nitrogen and oxygen atoms in total. The SMILES string of the molecule is CN(C(=S)N(c1ccc(F)cc1O)C1(C=O)CCC1)c1cnc(C#N)c(C(F)(F)F)c1. The number of hydrogen-bond donors (Lipinski definition) is 1. The van der Waals surface area contributed by atoms with E-state index < -0.39 is 34.5 Å². The number of anilines is 2. The highest BCUT2D eigenvalue weighted by atomic mass is 32.1. The summed E-state index contributed by atoms with van der Waals surface area (Å²) in [5, 5.41) is 19.1. The van der Waals surface area contributed by atoms with Gasteiger partial charge in [-0.3, -0.25) is 0 Å². The highest BCUT2D eigenvalue weighted by molar-refractivity contribution is 7.80. The van der Waals surface area contributed by atoms with Crippen molar-refractivity contribution in [3.63, 3.8) is 0 Å². The van der Waals surface area contributed by atoms with Crippen LogP contribution in [0.3, 0.4) is 0 Å². The molecule has 0 atom stereocenters. The summed E-state index contributed by atoms with van der Waals surface area (Å²) in [5.41, 5.74) is -3.18. The van der Waals surface area contributed by atoms with Crippen molar-refractivity contribution in [2.45, 2.75) is 31.0 Å². The Labute approximate surface area is 180 Å². The van der Waals surface area contributed by atoms with Crippen molar-refractivity contribution in [3.8, 4) is 11.8 Å². The fraction of sp³-hybridized carbons (Fsp3) is 0.300. The summed E-state index contributed by atoms with van der Waals surface area (Å²) in [7, 11) is 1.37. The predicted octanol–water partition coefficient (Wildman–Crippen LogP) is 4.17. The van der Waals surface area contributed by atoms with E-state index in [2.05, 4.69) is 4.98 Å².